The van der Waals surface area contributed by atoms with Crippen LogP contribution in [0.1, 0.15) is 16.7 Å². The number of amides is 2. The van der Waals surface area contributed by atoms with Crippen LogP contribution in [0.5, 0.6) is 11.5 Å². The number of carbonyl (C=O) groups is 2. The van der Waals surface area contributed by atoms with Crippen molar-refractivity contribution in [3.05, 3.63) is 94.4 Å². The van der Waals surface area contributed by atoms with Gasteiger partial charge in [-0.1, -0.05) is 42.0 Å². The molecule has 0 aromatic heterocycles. The Hall–Kier alpha value is -3.51. The molecule has 0 N–H and O–H groups in total. The largest absolute Gasteiger partial charge is 0.497 e. The third-order valence-electron chi connectivity index (χ3n) is 4.83. The first-order valence-electron chi connectivity index (χ1n) is 9.74. The second-order valence-electron chi connectivity index (χ2n) is 7.06. The van der Waals surface area contributed by atoms with Gasteiger partial charge in [0, 0.05) is 0 Å². The summed E-state index contributed by atoms with van der Waals surface area (Å²) < 4.78 is 11.0. The van der Waals surface area contributed by atoms with E-state index in [0.29, 0.717) is 22.9 Å². The summed E-state index contributed by atoms with van der Waals surface area (Å²) in [5.41, 5.74) is 3.65. The molecule has 0 saturated carbocycles. The molecule has 4 rings (SSSR count). The molecular weight excluding hydrogens is 410 g/mol. The highest BCUT2D eigenvalue weighted by Crippen LogP contribution is 2.36. The molecule has 1 fully saturated rings. The molecule has 0 atom stereocenters. The van der Waals surface area contributed by atoms with Gasteiger partial charge in [0.15, 0.2) is 0 Å². The van der Waals surface area contributed by atoms with E-state index in [0.717, 1.165) is 28.6 Å². The fraction of sp³-hybridized carbons (Fsp3) is 0.120. The lowest BCUT2D eigenvalue weighted by molar-refractivity contribution is -0.113. The van der Waals surface area contributed by atoms with E-state index in [1.807, 2.05) is 36.4 Å². The first-order valence-corrected chi connectivity index (χ1v) is 10.6. The van der Waals surface area contributed by atoms with Crippen LogP contribution in [0.4, 0.5) is 10.5 Å². The Bertz CT molecular complexity index is 1120. The molecule has 2 amide bonds. The number of ether oxygens (including phenoxy) is 2. The van der Waals surface area contributed by atoms with Crippen LogP contribution in [0.25, 0.3) is 6.08 Å². The molecule has 0 radical (unpaired) electrons. The molecule has 6 heteroatoms. The number of nitrogens with zero attached hydrogens (tertiary/aromatic N) is 1. The van der Waals surface area contributed by atoms with Gasteiger partial charge in [0.05, 0.1) is 17.7 Å². The molecule has 0 aliphatic carbocycles. The number of anilines is 1. The van der Waals surface area contributed by atoms with E-state index in [1.165, 1.54) is 10.5 Å². The minimum absolute atomic E-state index is 0.320. The van der Waals surface area contributed by atoms with Gasteiger partial charge in [-0.15, -0.1) is 0 Å². The molecule has 3 aromatic rings. The SMILES string of the molecule is COc1ccc(N2C(=O)S/C(=C\c3ccc(OCc4ccc(C)cc4)cc3)C2=O)cc1. The monoisotopic (exact) mass is 431 g/mol. The molecule has 1 aliphatic rings. The average molecular weight is 432 g/mol. The van der Waals surface area contributed by atoms with Gasteiger partial charge in [0.1, 0.15) is 18.1 Å². The van der Waals surface area contributed by atoms with Crippen molar-refractivity contribution in [1.29, 1.82) is 0 Å². The number of hydrogen-bond acceptors (Lipinski definition) is 5. The van der Waals surface area contributed by atoms with E-state index in [1.54, 1.807) is 37.5 Å². The molecule has 1 saturated heterocycles. The van der Waals surface area contributed by atoms with Gasteiger partial charge in [-0.05, 0) is 72.3 Å². The predicted molar refractivity (Wildman–Crippen MR) is 123 cm³/mol. The van der Waals surface area contributed by atoms with Crippen LogP contribution in [0, 0.1) is 6.92 Å². The fourth-order valence-electron chi connectivity index (χ4n) is 3.08. The first-order chi connectivity index (χ1) is 15.0. The van der Waals surface area contributed by atoms with Crippen LogP contribution in [0.2, 0.25) is 0 Å². The van der Waals surface area contributed by atoms with Gasteiger partial charge < -0.3 is 9.47 Å². The van der Waals surface area contributed by atoms with Crippen LogP contribution in [-0.4, -0.2) is 18.3 Å². The maximum atomic E-state index is 12.8. The van der Waals surface area contributed by atoms with Crippen molar-refractivity contribution in [3.8, 4) is 11.5 Å². The van der Waals surface area contributed by atoms with Gasteiger partial charge in [0.2, 0.25) is 0 Å². The Morgan fingerprint density at radius 3 is 2.16 bits per heavy atom. The highest BCUT2D eigenvalue weighted by molar-refractivity contribution is 8.19. The highest BCUT2D eigenvalue weighted by atomic mass is 32.2. The molecule has 3 aromatic carbocycles. The third kappa shape index (κ3) is 4.81. The third-order valence-corrected chi connectivity index (χ3v) is 5.70. The molecule has 0 bridgehead atoms. The average Bonchev–Trinajstić information content (AvgIpc) is 3.07. The van der Waals surface area contributed by atoms with Gasteiger partial charge in [0.25, 0.3) is 11.1 Å². The molecule has 5 nitrogen and oxygen atoms in total. The summed E-state index contributed by atoms with van der Waals surface area (Å²) in [6.45, 7) is 2.54. The minimum Gasteiger partial charge on any atom is -0.497 e. The van der Waals surface area contributed by atoms with Crippen LogP contribution < -0.4 is 14.4 Å². The van der Waals surface area contributed by atoms with E-state index in [9.17, 15) is 9.59 Å². The summed E-state index contributed by atoms with van der Waals surface area (Å²) >= 11 is 0.930. The number of benzene rings is 3. The summed E-state index contributed by atoms with van der Waals surface area (Å²) in [5, 5.41) is -0.320. The zero-order valence-corrected chi connectivity index (χ0v) is 18.0. The van der Waals surface area contributed by atoms with Crippen LogP contribution >= 0.6 is 11.8 Å². The van der Waals surface area contributed by atoms with Crippen molar-refractivity contribution >= 4 is 34.7 Å². The maximum Gasteiger partial charge on any atom is 0.298 e. The minimum atomic E-state index is -0.333. The predicted octanol–water partition coefficient (Wildman–Crippen LogP) is 5.82. The van der Waals surface area contributed by atoms with Crippen molar-refractivity contribution in [2.75, 3.05) is 12.0 Å². The number of imide groups is 1. The lowest BCUT2D eigenvalue weighted by Crippen LogP contribution is -2.27. The zero-order valence-electron chi connectivity index (χ0n) is 17.2. The lowest BCUT2D eigenvalue weighted by Gasteiger charge is -2.12. The normalized spacial score (nSPS) is 14.9. The topological polar surface area (TPSA) is 55.8 Å². The van der Waals surface area contributed by atoms with E-state index in [4.69, 9.17) is 9.47 Å². The van der Waals surface area contributed by atoms with Crippen molar-refractivity contribution in [1.82, 2.24) is 0 Å². The smallest absolute Gasteiger partial charge is 0.298 e. The Morgan fingerprint density at radius 2 is 1.52 bits per heavy atom. The van der Waals surface area contributed by atoms with E-state index >= 15 is 0 Å². The Labute approximate surface area is 185 Å². The molecule has 1 aliphatic heterocycles. The van der Waals surface area contributed by atoms with Crippen molar-refractivity contribution in [2.45, 2.75) is 13.5 Å². The second-order valence-corrected chi connectivity index (χ2v) is 8.05. The maximum absolute atomic E-state index is 12.8. The van der Waals surface area contributed by atoms with Gasteiger partial charge >= 0.3 is 0 Å². The summed E-state index contributed by atoms with van der Waals surface area (Å²) in [6.07, 6.45) is 1.72. The van der Waals surface area contributed by atoms with E-state index in [2.05, 4.69) is 19.1 Å². The Morgan fingerprint density at radius 1 is 0.871 bits per heavy atom. The summed E-state index contributed by atoms with van der Waals surface area (Å²) in [4.78, 5) is 26.8. The number of hydrogen-bond donors (Lipinski definition) is 0. The summed E-state index contributed by atoms with van der Waals surface area (Å²) in [5.74, 6) is 1.07. The van der Waals surface area contributed by atoms with Crippen molar-refractivity contribution < 1.29 is 19.1 Å². The second kappa shape index (κ2) is 9.10. The molecular formula is C25H21NO4S. The summed E-state index contributed by atoms with van der Waals surface area (Å²) in [6, 6.07) is 22.5. The van der Waals surface area contributed by atoms with Crippen LogP contribution in [0.3, 0.4) is 0 Å². The Balaban J connectivity index is 1.43. The summed E-state index contributed by atoms with van der Waals surface area (Å²) in [7, 11) is 1.57. The fourth-order valence-corrected chi connectivity index (χ4v) is 3.93. The van der Waals surface area contributed by atoms with Gasteiger partial charge in [-0.2, -0.15) is 0 Å². The van der Waals surface area contributed by atoms with Gasteiger partial charge in [-0.3, -0.25) is 9.59 Å². The zero-order chi connectivity index (χ0) is 21.8. The van der Waals surface area contributed by atoms with Gasteiger partial charge in [-0.25, -0.2) is 4.90 Å². The van der Waals surface area contributed by atoms with E-state index in [-0.39, 0.29) is 11.1 Å². The van der Waals surface area contributed by atoms with Crippen LogP contribution in [-0.2, 0) is 11.4 Å². The molecule has 156 valence electrons. The number of carbonyl (C=O) groups excluding carboxylic acids is 2. The quantitative estimate of drug-likeness (QED) is 0.460. The number of rotatable bonds is 6. The van der Waals surface area contributed by atoms with Crippen molar-refractivity contribution in [2.24, 2.45) is 0 Å². The molecule has 0 unspecified atom stereocenters. The number of methoxy groups -OCH3 is 1. The number of thioether (sulfide) groups is 1. The molecule has 1 heterocycles. The highest BCUT2D eigenvalue weighted by Gasteiger charge is 2.36. The Kier molecular flexibility index (Phi) is 6.09. The number of aryl methyl sites for hydroxylation is 1. The van der Waals surface area contributed by atoms with E-state index < -0.39 is 0 Å². The lowest BCUT2D eigenvalue weighted by atomic mass is 10.1. The standard InChI is InChI=1S/C25H21NO4S/c1-17-3-5-19(6-4-17)16-30-22-11-7-18(8-12-22)15-23-24(27)26(25(28)31-23)20-9-13-21(29-2)14-10-20/h3-15H,16H2,1-2H3/b23-15-. The molecule has 0 spiro atoms. The van der Waals surface area contributed by atoms with Crippen molar-refractivity contribution in [3.63, 3.8) is 0 Å². The van der Waals surface area contributed by atoms with Crippen LogP contribution in [0.15, 0.2) is 77.7 Å². The molecule has 31 heavy (non-hydrogen) atoms. The first kappa shape index (κ1) is 20.8.